The molecule has 2 aromatic rings. The predicted molar refractivity (Wildman–Crippen MR) is 89.8 cm³/mol. The van der Waals surface area contributed by atoms with E-state index < -0.39 is 27.6 Å². The number of amides is 1. The second kappa shape index (κ2) is 7.32. The van der Waals surface area contributed by atoms with Gasteiger partial charge in [0, 0.05) is 38.1 Å². The van der Waals surface area contributed by atoms with E-state index >= 15 is 0 Å². The lowest BCUT2D eigenvalue weighted by Gasteiger charge is -2.17. The molecule has 0 aliphatic heterocycles. The average molecular weight is 371 g/mol. The highest BCUT2D eigenvalue weighted by atomic mass is 32.2. The lowest BCUT2D eigenvalue weighted by atomic mass is 10.3. The van der Waals surface area contributed by atoms with Crippen molar-refractivity contribution in [3.8, 4) is 0 Å². The maximum Gasteiger partial charge on any atom is 0.272 e. The Bertz CT molecular complexity index is 890. The van der Waals surface area contributed by atoms with Crippen molar-refractivity contribution in [2.75, 3.05) is 18.4 Å². The van der Waals surface area contributed by atoms with Crippen molar-refractivity contribution >= 4 is 21.6 Å². The van der Waals surface area contributed by atoms with Crippen molar-refractivity contribution in [3.05, 3.63) is 47.8 Å². The van der Waals surface area contributed by atoms with Crippen LogP contribution >= 0.6 is 0 Å². The summed E-state index contributed by atoms with van der Waals surface area (Å²) in [7, 11) is -2.17. The smallest absolute Gasteiger partial charge is 0.272 e. The topological polar surface area (TPSA) is 71.4 Å². The molecule has 0 saturated heterocycles. The SMILES string of the molecule is CCN(CC)S(=O)(=O)c1cc(C(=O)Nc2ccc(F)c(F)c2)n(C)c1. The first-order chi connectivity index (χ1) is 11.7. The van der Waals surface area contributed by atoms with Crippen LogP contribution in [0, 0.1) is 11.6 Å². The minimum atomic E-state index is -3.70. The Balaban J connectivity index is 2.30. The molecule has 0 saturated carbocycles. The zero-order valence-electron chi connectivity index (χ0n) is 14.1. The fraction of sp³-hybridized carbons (Fsp3) is 0.312. The number of halogens is 2. The van der Waals surface area contributed by atoms with Crippen LogP contribution < -0.4 is 5.32 Å². The van der Waals surface area contributed by atoms with E-state index in [1.807, 2.05) is 0 Å². The van der Waals surface area contributed by atoms with Gasteiger partial charge >= 0.3 is 0 Å². The molecule has 1 aromatic heterocycles. The molecular weight excluding hydrogens is 352 g/mol. The second-order valence-electron chi connectivity index (χ2n) is 5.34. The third-order valence-electron chi connectivity index (χ3n) is 3.73. The monoisotopic (exact) mass is 371 g/mol. The number of nitrogens with one attached hydrogen (secondary N) is 1. The fourth-order valence-electron chi connectivity index (χ4n) is 2.38. The van der Waals surface area contributed by atoms with Crippen LogP contribution in [0.2, 0.25) is 0 Å². The van der Waals surface area contributed by atoms with Crippen LogP contribution in [0.15, 0.2) is 35.4 Å². The van der Waals surface area contributed by atoms with E-state index in [9.17, 15) is 22.0 Å². The second-order valence-corrected chi connectivity index (χ2v) is 7.28. The molecule has 136 valence electrons. The fourth-order valence-corrected chi connectivity index (χ4v) is 3.91. The lowest BCUT2D eigenvalue weighted by Crippen LogP contribution is -2.30. The van der Waals surface area contributed by atoms with Gasteiger partial charge in [0.2, 0.25) is 10.0 Å². The Morgan fingerprint density at radius 3 is 2.36 bits per heavy atom. The summed E-state index contributed by atoms with van der Waals surface area (Å²) in [5, 5.41) is 2.41. The van der Waals surface area contributed by atoms with Gasteiger partial charge in [-0.2, -0.15) is 4.31 Å². The van der Waals surface area contributed by atoms with Crippen molar-refractivity contribution in [1.82, 2.24) is 8.87 Å². The summed E-state index contributed by atoms with van der Waals surface area (Å²) in [6.07, 6.45) is 1.34. The molecule has 0 radical (unpaired) electrons. The van der Waals surface area contributed by atoms with E-state index in [-0.39, 0.29) is 16.3 Å². The van der Waals surface area contributed by atoms with Crippen molar-refractivity contribution < 1.29 is 22.0 Å². The summed E-state index contributed by atoms with van der Waals surface area (Å²) < 4.78 is 53.8. The lowest BCUT2D eigenvalue weighted by molar-refractivity contribution is 0.101. The van der Waals surface area contributed by atoms with Gasteiger partial charge in [0.25, 0.3) is 5.91 Å². The average Bonchev–Trinajstić information content (AvgIpc) is 2.94. The molecule has 25 heavy (non-hydrogen) atoms. The molecule has 6 nitrogen and oxygen atoms in total. The van der Waals surface area contributed by atoms with Crippen LogP contribution in [0.5, 0.6) is 0 Å². The van der Waals surface area contributed by atoms with E-state index in [0.717, 1.165) is 12.1 Å². The Morgan fingerprint density at radius 2 is 1.80 bits per heavy atom. The highest BCUT2D eigenvalue weighted by Crippen LogP contribution is 2.20. The molecule has 0 unspecified atom stereocenters. The first kappa shape index (κ1) is 19.1. The number of hydrogen-bond acceptors (Lipinski definition) is 3. The maximum absolute atomic E-state index is 13.2. The largest absolute Gasteiger partial charge is 0.345 e. The molecule has 1 N–H and O–H groups in total. The molecule has 0 aliphatic rings. The number of carbonyl (C=O) groups is 1. The number of rotatable bonds is 6. The molecule has 1 heterocycles. The van der Waals surface area contributed by atoms with Crippen LogP contribution in [-0.4, -0.2) is 36.3 Å². The Labute approximate surface area is 145 Å². The molecule has 1 aromatic carbocycles. The summed E-state index contributed by atoms with van der Waals surface area (Å²) in [6, 6.07) is 4.21. The summed E-state index contributed by atoms with van der Waals surface area (Å²) >= 11 is 0. The molecule has 1 amide bonds. The first-order valence-corrected chi connectivity index (χ1v) is 9.07. The Hall–Kier alpha value is -2.26. The first-order valence-electron chi connectivity index (χ1n) is 7.63. The number of carbonyl (C=O) groups excluding carboxylic acids is 1. The van der Waals surface area contributed by atoms with Crippen LogP contribution in [-0.2, 0) is 17.1 Å². The van der Waals surface area contributed by atoms with E-state index in [1.165, 1.54) is 34.2 Å². The Morgan fingerprint density at radius 1 is 1.16 bits per heavy atom. The number of benzene rings is 1. The van der Waals surface area contributed by atoms with E-state index in [1.54, 1.807) is 13.8 Å². The van der Waals surface area contributed by atoms with Crippen molar-refractivity contribution in [3.63, 3.8) is 0 Å². The molecule has 0 aliphatic carbocycles. The highest BCUT2D eigenvalue weighted by molar-refractivity contribution is 7.89. The third kappa shape index (κ3) is 3.88. The van der Waals surface area contributed by atoms with Gasteiger partial charge < -0.3 is 9.88 Å². The number of nitrogens with zero attached hydrogens (tertiary/aromatic N) is 2. The zero-order chi connectivity index (χ0) is 18.8. The van der Waals surface area contributed by atoms with Gasteiger partial charge in [-0.15, -0.1) is 0 Å². The minimum absolute atomic E-state index is 0.00543. The van der Waals surface area contributed by atoms with Crippen LogP contribution in [0.3, 0.4) is 0 Å². The Kier molecular flexibility index (Phi) is 5.58. The predicted octanol–water partition coefficient (Wildman–Crippen LogP) is 2.59. The van der Waals surface area contributed by atoms with Gasteiger partial charge in [0.05, 0.1) is 0 Å². The molecule has 9 heteroatoms. The molecule has 0 spiro atoms. The number of anilines is 1. The van der Waals surface area contributed by atoms with Crippen LogP contribution in [0.4, 0.5) is 14.5 Å². The van der Waals surface area contributed by atoms with E-state index in [0.29, 0.717) is 13.1 Å². The van der Waals surface area contributed by atoms with Crippen molar-refractivity contribution in [2.45, 2.75) is 18.7 Å². The summed E-state index contributed by atoms with van der Waals surface area (Å²) in [6.45, 7) is 4.07. The zero-order valence-corrected chi connectivity index (χ0v) is 14.9. The molecule has 0 atom stereocenters. The number of aromatic nitrogens is 1. The van der Waals surface area contributed by atoms with Crippen LogP contribution in [0.1, 0.15) is 24.3 Å². The highest BCUT2D eigenvalue weighted by Gasteiger charge is 2.25. The summed E-state index contributed by atoms with van der Waals surface area (Å²) in [4.78, 5) is 12.3. The minimum Gasteiger partial charge on any atom is -0.345 e. The van der Waals surface area contributed by atoms with E-state index in [2.05, 4.69) is 5.32 Å². The molecule has 0 bridgehead atoms. The summed E-state index contributed by atoms with van der Waals surface area (Å²) in [5.41, 5.74) is 0.147. The van der Waals surface area contributed by atoms with Gasteiger partial charge in [0.15, 0.2) is 11.6 Å². The van der Waals surface area contributed by atoms with Crippen molar-refractivity contribution in [2.24, 2.45) is 7.05 Å². The van der Waals surface area contributed by atoms with Gasteiger partial charge in [-0.3, -0.25) is 4.79 Å². The summed E-state index contributed by atoms with van der Waals surface area (Å²) in [5.74, 6) is -2.74. The van der Waals surface area contributed by atoms with Gasteiger partial charge in [-0.05, 0) is 18.2 Å². The number of hydrogen-bond donors (Lipinski definition) is 1. The van der Waals surface area contributed by atoms with Gasteiger partial charge in [0.1, 0.15) is 10.6 Å². The normalized spacial score (nSPS) is 11.8. The quantitative estimate of drug-likeness (QED) is 0.848. The van der Waals surface area contributed by atoms with Gasteiger partial charge in [-0.25, -0.2) is 17.2 Å². The number of sulfonamides is 1. The molecule has 0 fully saturated rings. The standard InChI is InChI=1S/C16H19F2N3O3S/c1-4-21(5-2)25(23,24)12-9-15(20(3)10-12)16(22)19-11-6-7-13(17)14(18)8-11/h6-10H,4-5H2,1-3H3,(H,19,22). The number of aryl methyl sites for hydroxylation is 1. The van der Waals surface area contributed by atoms with E-state index in [4.69, 9.17) is 0 Å². The van der Waals surface area contributed by atoms with Gasteiger partial charge in [-0.1, -0.05) is 13.8 Å². The molecular formula is C16H19F2N3O3S. The maximum atomic E-state index is 13.2. The third-order valence-corrected chi connectivity index (χ3v) is 5.75. The van der Waals surface area contributed by atoms with Crippen molar-refractivity contribution in [1.29, 1.82) is 0 Å². The molecule has 2 rings (SSSR count). The van der Waals surface area contributed by atoms with Crippen LogP contribution in [0.25, 0.3) is 0 Å².